The molecule has 1 aromatic rings. The summed E-state index contributed by atoms with van der Waals surface area (Å²) in [4.78, 5) is 17.7. The van der Waals surface area contributed by atoms with Crippen LogP contribution in [-0.4, -0.2) is 61.1 Å². The zero-order chi connectivity index (χ0) is 20.8. The molecule has 8 nitrogen and oxygen atoms in total. The van der Waals surface area contributed by atoms with E-state index in [0.717, 1.165) is 45.0 Å². The lowest BCUT2D eigenvalue weighted by Crippen LogP contribution is -2.42. The molecule has 1 atom stereocenters. The van der Waals surface area contributed by atoms with Crippen molar-refractivity contribution in [3.05, 3.63) is 34.4 Å². The van der Waals surface area contributed by atoms with Gasteiger partial charge in [-0.25, -0.2) is 0 Å². The fourth-order valence-corrected chi connectivity index (χ4v) is 2.93. The van der Waals surface area contributed by atoms with E-state index < -0.39 is 0 Å². The van der Waals surface area contributed by atoms with Crippen molar-refractivity contribution in [3.8, 4) is 0 Å². The summed E-state index contributed by atoms with van der Waals surface area (Å²) in [6, 6.07) is 6.98. The van der Waals surface area contributed by atoms with E-state index in [9.17, 15) is 10.1 Å². The highest BCUT2D eigenvalue weighted by Crippen LogP contribution is 2.22. The van der Waals surface area contributed by atoms with Gasteiger partial charge in [-0.1, -0.05) is 26.0 Å². The van der Waals surface area contributed by atoms with E-state index in [4.69, 9.17) is 0 Å². The first-order chi connectivity index (χ1) is 13.5. The van der Waals surface area contributed by atoms with Gasteiger partial charge in [0.05, 0.1) is 11.5 Å². The van der Waals surface area contributed by atoms with Gasteiger partial charge in [0, 0.05) is 25.2 Å². The van der Waals surface area contributed by atoms with Crippen molar-refractivity contribution in [1.82, 2.24) is 15.5 Å². The molecule has 29 heavy (non-hydrogen) atoms. The van der Waals surface area contributed by atoms with Crippen LogP contribution >= 0.6 is 24.0 Å². The fraction of sp³-hybridized carbons (Fsp3) is 0.650. The largest absolute Gasteiger partial charge is 0.378 e. The summed E-state index contributed by atoms with van der Waals surface area (Å²) in [5, 5.41) is 20.8. The van der Waals surface area contributed by atoms with Crippen molar-refractivity contribution in [3.63, 3.8) is 0 Å². The molecule has 1 rings (SSSR count). The second-order valence-electron chi connectivity index (χ2n) is 6.68. The van der Waals surface area contributed by atoms with Gasteiger partial charge in [0.25, 0.3) is 5.69 Å². The van der Waals surface area contributed by atoms with E-state index in [1.54, 1.807) is 18.2 Å². The third-order valence-electron chi connectivity index (χ3n) is 4.53. The molecule has 0 aliphatic rings. The van der Waals surface area contributed by atoms with Crippen LogP contribution in [0.5, 0.6) is 0 Å². The lowest BCUT2D eigenvalue weighted by molar-refractivity contribution is -0.384. The van der Waals surface area contributed by atoms with Crippen molar-refractivity contribution in [2.75, 3.05) is 44.6 Å². The van der Waals surface area contributed by atoms with Crippen LogP contribution in [0.15, 0.2) is 29.3 Å². The van der Waals surface area contributed by atoms with Gasteiger partial charge in [-0.05, 0) is 52.4 Å². The molecule has 0 bridgehead atoms. The maximum absolute atomic E-state index is 11.1. The van der Waals surface area contributed by atoms with Crippen molar-refractivity contribution >= 4 is 41.3 Å². The van der Waals surface area contributed by atoms with Gasteiger partial charge in [-0.2, -0.15) is 0 Å². The van der Waals surface area contributed by atoms with Crippen LogP contribution in [0.25, 0.3) is 0 Å². The summed E-state index contributed by atoms with van der Waals surface area (Å²) in [5.41, 5.74) is 0.601. The molecule has 0 saturated heterocycles. The highest BCUT2D eigenvalue weighted by Gasteiger charge is 2.11. The molecule has 0 radical (unpaired) electrons. The first-order valence-electron chi connectivity index (χ1n) is 10.3. The number of nitrogens with one attached hydrogen (secondary N) is 3. The second-order valence-corrected chi connectivity index (χ2v) is 6.68. The predicted octanol–water partition coefficient (Wildman–Crippen LogP) is 3.69. The molecule has 1 unspecified atom stereocenters. The Bertz CT molecular complexity index is 610. The van der Waals surface area contributed by atoms with Crippen LogP contribution in [-0.2, 0) is 0 Å². The molecule has 0 fully saturated rings. The highest BCUT2D eigenvalue weighted by molar-refractivity contribution is 14.0. The summed E-state index contributed by atoms with van der Waals surface area (Å²) in [5.74, 6) is 0.780. The number of nitro benzene ring substituents is 1. The monoisotopic (exact) mass is 520 g/mol. The Morgan fingerprint density at radius 2 is 1.93 bits per heavy atom. The number of guanidine groups is 1. The molecule has 0 spiro atoms. The smallest absolute Gasteiger partial charge is 0.292 e. The van der Waals surface area contributed by atoms with Crippen LogP contribution in [0.1, 0.15) is 40.5 Å². The number of anilines is 1. The van der Waals surface area contributed by atoms with Gasteiger partial charge in [0.15, 0.2) is 5.96 Å². The Labute approximate surface area is 192 Å². The Kier molecular flexibility index (Phi) is 15.3. The standard InChI is InChI=1S/C20H36N6O2.HI/c1-5-21-20(24-17(4)11-10-16-25(6-2)7-3)23-15-14-22-18-12-8-9-13-19(18)26(27)28;/h8-9,12-13,17,22H,5-7,10-11,14-16H2,1-4H3,(H2,21,23,24);1H. The lowest BCUT2D eigenvalue weighted by Gasteiger charge is -2.21. The van der Waals surface area contributed by atoms with Gasteiger partial charge in [-0.3, -0.25) is 15.1 Å². The van der Waals surface area contributed by atoms with Gasteiger partial charge in [0.2, 0.25) is 0 Å². The minimum Gasteiger partial charge on any atom is -0.378 e. The number of hydrogen-bond donors (Lipinski definition) is 3. The first kappa shape index (κ1) is 27.4. The molecule has 1 aromatic carbocycles. The Morgan fingerprint density at radius 3 is 2.55 bits per heavy atom. The van der Waals surface area contributed by atoms with Gasteiger partial charge < -0.3 is 20.9 Å². The third-order valence-corrected chi connectivity index (χ3v) is 4.53. The number of benzene rings is 1. The van der Waals surface area contributed by atoms with E-state index in [0.29, 0.717) is 24.8 Å². The topological polar surface area (TPSA) is 94.8 Å². The van der Waals surface area contributed by atoms with Gasteiger partial charge >= 0.3 is 0 Å². The second kappa shape index (κ2) is 16.2. The molecule has 0 amide bonds. The predicted molar refractivity (Wildman–Crippen MR) is 133 cm³/mol. The molecule has 0 aromatic heterocycles. The van der Waals surface area contributed by atoms with Crippen molar-refractivity contribution in [1.29, 1.82) is 0 Å². The van der Waals surface area contributed by atoms with Crippen LogP contribution < -0.4 is 16.0 Å². The molecule has 3 N–H and O–H groups in total. The number of hydrogen-bond acceptors (Lipinski definition) is 5. The van der Waals surface area contributed by atoms with E-state index in [1.165, 1.54) is 6.07 Å². The van der Waals surface area contributed by atoms with Gasteiger partial charge in [0.1, 0.15) is 5.69 Å². The fourth-order valence-electron chi connectivity index (χ4n) is 2.93. The molecular weight excluding hydrogens is 483 g/mol. The molecule has 166 valence electrons. The number of halogens is 1. The van der Waals surface area contributed by atoms with Crippen molar-refractivity contribution in [2.45, 2.75) is 46.6 Å². The maximum atomic E-state index is 11.1. The zero-order valence-electron chi connectivity index (χ0n) is 18.1. The number of nitrogens with zero attached hydrogens (tertiary/aromatic N) is 3. The van der Waals surface area contributed by atoms with Crippen LogP contribution in [0.2, 0.25) is 0 Å². The summed E-state index contributed by atoms with van der Waals surface area (Å²) in [7, 11) is 0. The van der Waals surface area contributed by atoms with Crippen LogP contribution in [0.4, 0.5) is 11.4 Å². The van der Waals surface area contributed by atoms with E-state index in [2.05, 4.69) is 46.6 Å². The SMILES string of the molecule is CCNC(=NCCNc1ccccc1[N+](=O)[O-])NC(C)CCCN(CC)CC.I. The minimum atomic E-state index is -0.378. The Morgan fingerprint density at radius 1 is 1.24 bits per heavy atom. The van der Waals surface area contributed by atoms with Crippen LogP contribution in [0.3, 0.4) is 0 Å². The molecule has 0 aliphatic heterocycles. The summed E-state index contributed by atoms with van der Waals surface area (Å²) in [6.07, 6.45) is 2.23. The molecular formula is C20H37IN6O2. The maximum Gasteiger partial charge on any atom is 0.292 e. The third kappa shape index (κ3) is 11.2. The average Bonchev–Trinajstić information content (AvgIpc) is 2.68. The minimum absolute atomic E-state index is 0. The summed E-state index contributed by atoms with van der Waals surface area (Å²) in [6.45, 7) is 13.7. The number of para-hydroxylation sites is 2. The Hall–Kier alpha value is -1.62. The zero-order valence-corrected chi connectivity index (χ0v) is 20.4. The lowest BCUT2D eigenvalue weighted by atomic mass is 10.2. The normalized spacial score (nSPS) is 12.2. The molecule has 0 heterocycles. The molecule has 0 saturated carbocycles. The molecule has 9 heteroatoms. The summed E-state index contributed by atoms with van der Waals surface area (Å²) < 4.78 is 0. The Balaban J connectivity index is 0.00000784. The highest BCUT2D eigenvalue weighted by atomic mass is 127. The number of rotatable bonds is 13. The quantitative estimate of drug-likeness (QED) is 0.0918. The van der Waals surface area contributed by atoms with E-state index in [-0.39, 0.29) is 34.6 Å². The number of aliphatic imine (C=N–C) groups is 1. The first-order valence-corrected chi connectivity index (χ1v) is 10.3. The van der Waals surface area contributed by atoms with E-state index in [1.807, 2.05) is 6.92 Å². The van der Waals surface area contributed by atoms with Gasteiger partial charge in [-0.15, -0.1) is 24.0 Å². The van der Waals surface area contributed by atoms with E-state index >= 15 is 0 Å². The van der Waals surface area contributed by atoms with Crippen molar-refractivity contribution < 1.29 is 4.92 Å². The average molecular weight is 520 g/mol. The molecule has 0 aliphatic carbocycles. The van der Waals surface area contributed by atoms with Crippen LogP contribution in [0, 0.1) is 10.1 Å². The van der Waals surface area contributed by atoms with Crippen molar-refractivity contribution in [2.24, 2.45) is 4.99 Å². The summed E-state index contributed by atoms with van der Waals surface area (Å²) >= 11 is 0. The number of nitro groups is 1.